The van der Waals surface area contributed by atoms with Gasteiger partial charge in [-0.25, -0.2) is 0 Å². The van der Waals surface area contributed by atoms with Crippen LogP contribution < -0.4 is 0 Å². The third-order valence-electron chi connectivity index (χ3n) is 0.640. The SMILES string of the molecule is CC.CI.Clc1ccncc1. The molecule has 0 aliphatic heterocycles. The molecule has 3 heteroatoms. The highest BCUT2D eigenvalue weighted by Gasteiger charge is 1.75. The maximum atomic E-state index is 5.50. The molecule has 1 heterocycles. The van der Waals surface area contributed by atoms with Crippen LogP contribution in [0.3, 0.4) is 0 Å². The van der Waals surface area contributed by atoms with Crippen molar-refractivity contribution in [1.29, 1.82) is 0 Å². The quantitative estimate of drug-likeness (QED) is 0.522. The van der Waals surface area contributed by atoms with E-state index >= 15 is 0 Å². The van der Waals surface area contributed by atoms with Crippen molar-refractivity contribution in [3.05, 3.63) is 29.5 Å². The first-order valence-corrected chi connectivity index (χ1v) is 5.86. The van der Waals surface area contributed by atoms with Gasteiger partial charge in [-0.1, -0.05) is 48.0 Å². The lowest BCUT2D eigenvalue weighted by molar-refractivity contribution is 1.33. The fourth-order valence-corrected chi connectivity index (χ4v) is 0.446. The van der Waals surface area contributed by atoms with Gasteiger partial charge < -0.3 is 0 Å². The van der Waals surface area contributed by atoms with Crippen LogP contribution >= 0.6 is 34.2 Å². The van der Waals surface area contributed by atoms with E-state index in [1.54, 1.807) is 24.5 Å². The Morgan fingerprint density at radius 1 is 1.18 bits per heavy atom. The van der Waals surface area contributed by atoms with Gasteiger partial charge in [0.2, 0.25) is 0 Å². The number of hydrogen-bond acceptors (Lipinski definition) is 1. The molecule has 0 aromatic carbocycles. The van der Waals surface area contributed by atoms with Crippen LogP contribution in [0.1, 0.15) is 13.8 Å². The van der Waals surface area contributed by atoms with E-state index in [1.165, 1.54) is 0 Å². The Morgan fingerprint density at radius 3 is 1.73 bits per heavy atom. The largest absolute Gasteiger partial charge is 0.265 e. The van der Waals surface area contributed by atoms with Gasteiger partial charge in [-0.05, 0) is 17.1 Å². The topological polar surface area (TPSA) is 12.9 Å². The second-order valence-corrected chi connectivity index (χ2v) is 1.60. The van der Waals surface area contributed by atoms with Gasteiger partial charge in [0, 0.05) is 17.4 Å². The Hall–Kier alpha value is 0.170. The van der Waals surface area contributed by atoms with Crippen molar-refractivity contribution in [2.24, 2.45) is 0 Å². The molecular formula is C8H13ClIN. The first-order chi connectivity index (χ1) is 5.39. The minimum atomic E-state index is 0.731. The van der Waals surface area contributed by atoms with Crippen LogP contribution in [0.25, 0.3) is 0 Å². The van der Waals surface area contributed by atoms with Crippen LogP contribution in [0.4, 0.5) is 0 Å². The smallest absolute Gasteiger partial charge is 0.0436 e. The van der Waals surface area contributed by atoms with E-state index in [9.17, 15) is 0 Å². The maximum absolute atomic E-state index is 5.50. The van der Waals surface area contributed by atoms with Gasteiger partial charge in [-0.3, -0.25) is 4.98 Å². The van der Waals surface area contributed by atoms with E-state index in [4.69, 9.17) is 11.6 Å². The van der Waals surface area contributed by atoms with E-state index in [0.717, 1.165) is 5.02 Å². The number of nitrogens with zero attached hydrogens (tertiary/aromatic N) is 1. The molecule has 64 valence electrons. The fraction of sp³-hybridized carbons (Fsp3) is 0.375. The summed E-state index contributed by atoms with van der Waals surface area (Å²) in [6.45, 7) is 4.00. The Labute approximate surface area is 87.3 Å². The third kappa shape index (κ3) is 10.2. The third-order valence-corrected chi connectivity index (χ3v) is 0.892. The van der Waals surface area contributed by atoms with Crippen LogP contribution in [0.15, 0.2) is 24.5 Å². The second kappa shape index (κ2) is 12.8. The molecule has 11 heavy (non-hydrogen) atoms. The van der Waals surface area contributed by atoms with Gasteiger partial charge in [-0.2, -0.15) is 0 Å². The van der Waals surface area contributed by atoms with E-state index in [2.05, 4.69) is 27.6 Å². The normalized spacial score (nSPS) is 6.64. The molecule has 0 unspecified atom stereocenters. The fourth-order valence-electron chi connectivity index (χ4n) is 0.334. The summed E-state index contributed by atoms with van der Waals surface area (Å²) in [4.78, 5) is 5.73. The van der Waals surface area contributed by atoms with Crippen LogP contribution in [0, 0.1) is 0 Å². The van der Waals surface area contributed by atoms with Crippen LogP contribution in [-0.4, -0.2) is 9.91 Å². The molecular weight excluding hydrogens is 272 g/mol. The van der Waals surface area contributed by atoms with E-state index in [0.29, 0.717) is 0 Å². The number of rotatable bonds is 0. The summed E-state index contributed by atoms with van der Waals surface area (Å²) in [5, 5.41) is 0.731. The van der Waals surface area contributed by atoms with Crippen molar-refractivity contribution < 1.29 is 0 Å². The van der Waals surface area contributed by atoms with Crippen molar-refractivity contribution in [3.63, 3.8) is 0 Å². The van der Waals surface area contributed by atoms with Crippen molar-refractivity contribution in [2.45, 2.75) is 13.8 Å². The Kier molecular flexibility index (Phi) is 16.0. The average Bonchev–Trinajstić information content (AvgIpc) is 2.13. The predicted molar refractivity (Wildman–Crippen MR) is 60.5 cm³/mol. The molecule has 0 spiro atoms. The van der Waals surface area contributed by atoms with Crippen molar-refractivity contribution in [3.8, 4) is 0 Å². The number of aromatic nitrogens is 1. The highest BCUT2D eigenvalue weighted by molar-refractivity contribution is 14.1. The molecule has 1 nitrogen and oxygen atoms in total. The van der Waals surface area contributed by atoms with E-state index in [-0.39, 0.29) is 0 Å². The monoisotopic (exact) mass is 285 g/mol. The summed E-state index contributed by atoms with van der Waals surface area (Å²) in [7, 11) is 0. The van der Waals surface area contributed by atoms with Crippen molar-refractivity contribution in [2.75, 3.05) is 4.93 Å². The number of pyridine rings is 1. The highest BCUT2D eigenvalue weighted by Crippen LogP contribution is 2.01. The van der Waals surface area contributed by atoms with Crippen molar-refractivity contribution in [1.82, 2.24) is 4.98 Å². The molecule has 0 atom stereocenters. The molecule has 1 aromatic heterocycles. The first-order valence-electron chi connectivity index (χ1n) is 3.33. The van der Waals surface area contributed by atoms with Crippen LogP contribution in [0.2, 0.25) is 5.02 Å². The zero-order chi connectivity index (χ0) is 9.11. The minimum Gasteiger partial charge on any atom is -0.265 e. The summed E-state index contributed by atoms with van der Waals surface area (Å²) in [5.74, 6) is 0. The maximum Gasteiger partial charge on any atom is 0.0436 e. The molecule has 0 fully saturated rings. The molecule has 0 saturated carbocycles. The summed E-state index contributed by atoms with van der Waals surface area (Å²) in [6, 6.07) is 3.48. The summed E-state index contributed by atoms with van der Waals surface area (Å²) >= 11 is 7.65. The molecule has 0 amide bonds. The molecule has 1 rings (SSSR count). The summed E-state index contributed by atoms with van der Waals surface area (Å²) in [5.41, 5.74) is 0. The molecule has 0 saturated heterocycles. The molecule has 0 aliphatic rings. The highest BCUT2D eigenvalue weighted by atomic mass is 127. The second-order valence-electron chi connectivity index (χ2n) is 1.17. The lowest BCUT2D eigenvalue weighted by Gasteiger charge is -1.79. The van der Waals surface area contributed by atoms with Crippen LogP contribution in [-0.2, 0) is 0 Å². The zero-order valence-corrected chi connectivity index (χ0v) is 9.93. The first kappa shape index (κ1) is 13.7. The molecule has 0 bridgehead atoms. The lowest BCUT2D eigenvalue weighted by Crippen LogP contribution is -1.63. The van der Waals surface area contributed by atoms with E-state index in [1.807, 2.05) is 18.8 Å². The lowest BCUT2D eigenvalue weighted by atomic mass is 10.5. The zero-order valence-electron chi connectivity index (χ0n) is 7.01. The summed E-state index contributed by atoms with van der Waals surface area (Å²) < 4.78 is 0. The molecule has 0 aliphatic carbocycles. The van der Waals surface area contributed by atoms with Gasteiger partial charge in [0.05, 0.1) is 0 Å². The standard InChI is InChI=1S/C5H4ClN.C2H6.CH3I/c6-5-1-3-7-4-2-5;2*1-2/h1-4H;1-2H3;1H3. The number of hydrogen-bond donors (Lipinski definition) is 0. The Balaban J connectivity index is 0. The van der Waals surface area contributed by atoms with Gasteiger partial charge in [0.15, 0.2) is 0 Å². The van der Waals surface area contributed by atoms with E-state index < -0.39 is 0 Å². The number of alkyl halides is 1. The number of halogens is 2. The van der Waals surface area contributed by atoms with Gasteiger partial charge in [-0.15, -0.1) is 0 Å². The summed E-state index contributed by atoms with van der Waals surface area (Å²) in [6.07, 6.45) is 3.31. The predicted octanol–water partition coefficient (Wildman–Crippen LogP) is 3.81. The Morgan fingerprint density at radius 2 is 1.55 bits per heavy atom. The average molecular weight is 286 g/mol. The molecule has 0 radical (unpaired) electrons. The van der Waals surface area contributed by atoms with Gasteiger partial charge in [0.25, 0.3) is 0 Å². The Bertz CT molecular complexity index is 144. The van der Waals surface area contributed by atoms with Gasteiger partial charge in [0.1, 0.15) is 0 Å². The van der Waals surface area contributed by atoms with Crippen molar-refractivity contribution >= 4 is 34.2 Å². The molecule has 1 aromatic rings. The van der Waals surface area contributed by atoms with Gasteiger partial charge >= 0.3 is 0 Å². The van der Waals surface area contributed by atoms with Crippen LogP contribution in [0.5, 0.6) is 0 Å². The molecule has 0 N–H and O–H groups in total. The minimum absolute atomic E-state index is 0.731.